The number of nitrogens with two attached hydrogens (primary N) is 1. The van der Waals surface area contributed by atoms with Crippen LogP contribution in [0.4, 0.5) is 5.69 Å². The van der Waals surface area contributed by atoms with Gasteiger partial charge < -0.3 is 10.6 Å². The highest BCUT2D eigenvalue weighted by atomic mass is 32.2. The van der Waals surface area contributed by atoms with E-state index in [-0.39, 0.29) is 10.6 Å². The first kappa shape index (κ1) is 24.3. The summed E-state index contributed by atoms with van der Waals surface area (Å²) in [6, 6.07) is 12.6. The van der Waals surface area contributed by atoms with E-state index in [0.29, 0.717) is 19.0 Å². The van der Waals surface area contributed by atoms with Crippen LogP contribution in [0.3, 0.4) is 0 Å². The monoisotopic (exact) mass is 447 g/mol. The highest BCUT2D eigenvalue weighted by Gasteiger charge is 2.07. The van der Waals surface area contributed by atoms with Crippen molar-refractivity contribution in [2.45, 2.75) is 50.6 Å². The maximum atomic E-state index is 11.4. The minimum atomic E-state index is -3.72. The molecular weight excluding hydrogens is 418 g/mol. The normalized spacial score (nSPS) is 11.9. The average Bonchev–Trinajstić information content (AvgIpc) is 2.75. The molecule has 0 spiro atoms. The van der Waals surface area contributed by atoms with Crippen LogP contribution in [0.1, 0.15) is 43.7 Å². The molecule has 0 aromatic heterocycles. The molecule has 2 aromatic rings. The van der Waals surface area contributed by atoms with Crippen molar-refractivity contribution in [3.8, 4) is 0 Å². The molecule has 0 aliphatic heterocycles. The molecule has 2 rings (SSSR count). The zero-order valence-corrected chi connectivity index (χ0v) is 18.4. The van der Waals surface area contributed by atoms with E-state index in [0.717, 1.165) is 36.9 Å². The second kappa shape index (κ2) is 12.0. The lowest BCUT2D eigenvalue weighted by molar-refractivity contribution is -0.384. The minimum Gasteiger partial charge on any atom is -0.356 e. The predicted molar refractivity (Wildman–Crippen MR) is 121 cm³/mol. The van der Waals surface area contributed by atoms with Gasteiger partial charge in [0, 0.05) is 25.2 Å². The summed E-state index contributed by atoms with van der Waals surface area (Å²) < 4.78 is 22.7. The largest absolute Gasteiger partial charge is 0.356 e. The molecule has 168 valence electrons. The Morgan fingerprint density at radius 2 is 1.65 bits per heavy atom. The van der Waals surface area contributed by atoms with E-state index < -0.39 is 14.9 Å². The molecule has 0 unspecified atom stereocenters. The maximum Gasteiger partial charge on any atom is 0.269 e. The Morgan fingerprint density at radius 3 is 2.23 bits per heavy atom. The Kier molecular flexibility index (Phi) is 9.41. The van der Waals surface area contributed by atoms with Gasteiger partial charge >= 0.3 is 0 Å². The van der Waals surface area contributed by atoms with E-state index in [1.54, 1.807) is 24.3 Å². The Morgan fingerprint density at radius 1 is 1.00 bits per heavy atom. The summed E-state index contributed by atoms with van der Waals surface area (Å²) >= 11 is 0. The van der Waals surface area contributed by atoms with Crippen molar-refractivity contribution in [2.24, 2.45) is 10.1 Å². The zero-order valence-electron chi connectivity index (χ0n) is 17.6. The second-order valence-corrected chi connectivity index (χ2v) is 8.68. The van der Waals surface area contributed by atoms with Crippen molar-refractivity contribution in [3.05, 3.63) is 69.8 Å². The third kappa shape index (κ3) is 8.73. The smallest absolute Gasteiger partial charge is 0.269 e. The Hall–Kier alpha value is -2.98. The molecule has 0 atom stereocenters. The molecule has 0 aliphatic rings. The number of non-ortho nitro benzene ring substituents is 1. The molecule has 0 aliphatic carbocycles. The summed E-state index contributed by atoms with van der Waals surface area (Å²) in [5, 5.41) is 22.4. The van der Waals surface area contributed by atoms with Gasteiger partial charge in [0.2, 0.25) is 10.0 Å². The van der Waals surface area contributed by atoms with Crippen LogP contribution in [0.15, 0.2) is 58.4 Å². The van der Waals surface area contributed by atoms with E-state index in [9.17, 15) is 18.5 Å². The van der Waals surface area contributed by atoms with Crippen LogP contribution < -0.4 is 15.8 Å². The fraction of sp³-hybridized carbons (Fsp3) is 0.381. The maximum absolute atomic E-state index is 11.4. The number of benzene rings is 2. The third-order valence-corrected chi connectivity index (χ3v) is 5.53. The van der Waals surface area contributed by atoms with Crippen LogP contribution in [0.2, 0.25) is 0 Å². The number of nitro benzene ring substituents is 1. The van der Waals surface area contributed by atoms with Gasteiger partial charge in [-0.2, -0.15) is 0 Å². The lowest BCUT2D eigenvalue weighted by Crippen LogP contribution is -2.37. The van der Waals surface area contributed by atoms with Gasteiger partial charge in [0.1, 0.15) is 0 Å². The van der Waals surface area contributed by atoms with Gasteiger partial charge in [-0.15, -0.1) is 0 Å². The van der Waals surface area contributed by atoms with Crippen LogP contribution in [-0.4, -0.2) is 25.8 Å². The number of sulfonamides is 1. The van der Waals surface area contributed by atoms with Gasteiger partial charge in [-0.1, -0.05) is 50.5 Å². The van der Waals surface area contributed by atoms with E-state index >= 15 is 0 Å². The van der Waals surface area contributed by atoms with Crippen LogP contribution in [-0.2, 0) is 23.1 Å². The molecule has 0 radical (unpaired) electrons. The number of rotatable bonds is 11. The van der Waals surface area contributed by atoms with Crippen molar-refractivity contribution in [1.82, 2.24) is 10.6 Å². The number of primary sulfonamides is 1. The first-order valence-electron chi connectivity index (χ1n) is 10.2. The third-order valence-electron chi connectivity index (χ3n) is 4.60. The topological polar surface area (TPSA) is 140 Å². The molecule has 0 bridgehead atoms. The summed E-state index contributed by atoms with van der Waals surface area (Å²) in [4.78, 5) is 15.0. The van der Waals surface area contributed by atoms with E-state index in [4.69, 9.17) is 5.14 Å². The number of nitrogens with zero attached hydrogens (tertiary/aromatic N) is 2. The Labute approximate surface area is 183 Å². The molecule has 31 heavy (non-hydrogen) atoms. The Balaban J connectivity index is 2.01. The SMILES string of the molecule is CCCCCCNC(=NCc1ccc(S(N)(=O)=O)cc1)NCc1ccc([N+](=O)[O-])cc1. The van der Waals surface area contributed by atoms with Gasteiger partial charge in [-0.3, -0.25) is 10.1 Å². The lowest BCUT2D eigenvalue weighted by atomic mass is 10.2. The van der Waals surface area contributed by atoms with Gasteiger partial charge in [-0.05, 0) is 29.7 Å². The zero-order chi connectivity index (χ0) is 22.7. The van der Waals surface area contributed by atoms with E-state index in [1.807, 2.05) is 0 Å². The average molecular weight is 448 g/mol. The standard InChI is InChI=1S/C21H29N5O4S/c1-2-3-4-5-14-23-21(24-15-17-6-10-19(11-7-17)26(27)28)25-16-18-8-12-20(13-9-18)31(22,29)30/h6-13H,2-5,14-16H2,1H3,(H2,22,29,30)(H2,23,24,25). The second-order valence-electron chi connectivity index (χ2n) is 7.12. The molecule has 0 saturated heterocycles. The van der Waals surface area contributed by atoms with Crippen LogP contribution in [0.5, 0.6) is 0 Å². The van der Waals surface area contributed by atoms with Crippen LogP contribution in [0, 0.1) is 10.1 Å². The van der Waals surface area contributed by atoms with Crippen LogP contribution in [0.25, 0.3) is 0 Å². The first-order valence-corrected chi connectivity index (χ1v) is 11.7. The molecule has 0 fully saturated rings. The molecule has 9 nitrogen and oxygen atoms in total. The molecule has 0 saturated carbocycles. The van der Waals surface area contributed by atoms with Crippen molar-refractivity contribution >= 4 is 21.7 Å². The fourth-order valence-electron chi connectivity index (χ4n) is 2.81. The number of guanidine groups is 1. The van der Waals surface area contributed by atoms with Crippen molar-refractivity contribution in [3.63, 3.8) is 0 Å². The molecule has 4 N–H and O–H groups in total. The molecule has 0 heterocycles. The number of hydrogen-bond donors (Lipinski definition) is 3. The van der Waals surface area contributed by atoms with Gasteiger partial charge in [0.05, 0.1) is 16.4 Å². The van der Waals surface area contributed by atoms with Crippen molar-refractivity contribution < 1.29 is 13.3 Å². The molecule has 0 amide bonds. The number of nitrogens with one attached hydrogen (secondary N) is 2. The van der Waals surface area contributed by atoms with Gasteiger partial charge in [0.15, 0.2) is 5.96 Å². The summed E-state index contributed by atoms with van der Waals surface area (Å²) in [7, 11) is -3.72. The lowest BCUT2D eigenvalue weighted by Gasteiger charge is -2.13. The molecular formula is C21H29N5O4S. The number of hydrogen-bond acceptors (Lipinski definition) is 5. The molecule has 2 aromatic carbocycles. The minimum absolute atomic E-state index is 0.0506. The van der Waals surface area contributed by atoms with E-state index in [2.05, 4.69) is 22.5 Å². The quantitative estimate of drug-likeness (QED) is 0.159. The summed E-state index contributed by atoms with van der Waals surface area (Å²) in [5.74, 6) is 0.616. The highest BCUT2D eigenvalue weighted by Crippen LogP contribution is 2.12. The van der Waals surface area contributed by atoms with Crippen molar-refractivity contribution in [1.29, 1.82) is 0 Å². The first-order chi connectivity index (χ1) is 14.8. The highest BCUT2D eigenvalue weighted by molar-refractivity contribution is 7.89. The van der Waals surface area contributed by atoms with Crippen LogP contribution >= 0.6 is 0 Å². The number of unbranched alkanes of at least 4 members (excludes halogenated alkanes) is 3. The van der Waals surface area contributed by atoms with Gasteiger partial charge in [0.25, 0.3) is 5.69 Å². The number of nitro groups is 1. The molecule has 10 heteroatoms. The predicted octanol–water partition coefficient (Wildman–Crippen LogP) is 3.06. The van der Waals surface area contributed by atoms with Crippen molar-refractivity contribution in [2.75, 3.05) is 6.54 Å². The summed E-state index contributed by atoms with van der Waals surface area (Å²) in [5.41, 5.74) is 1.79. The summed E-state index contributed by atoms with van der Waals surface area (Å²) in [6.07, 6.45) is 4.50. The van der Waals surface area contributed by atoms with E-state index in [1.165, 1.54) is 30.7 Å². The summed E-state index contributed by atoms with van der Waals surface area (Å²) in [6.45, 7) is 3.75. The number of aliphatic imine (C=N–C) groups is 1. The Bertz CT molecular complexity index is 974. The fourth-order valence-corrected chi connectivity index (χ4v) is 3.32. The van der Waals surface area contributed by atoms with Gasteiger partial charge in [-0.25, -0.2) is 18.5 Å².